The fraction of sp³-hybridized carbons (Fsp3) is 0.542. The summed E-state index contributed by atoms with van der Waals surface area (Å²) in [5.41, 5.74) is 2.22. The number of anilines is 2. The topological polar surface area (TPSA) is 88.8 Å². The number of amides is 1. The molecule has 2 aromatic heterocycles. The predicted octanol–water partition coefficient (Wildman–Crippen LogP) is 5.44. The van der Waals surface area contributed by atoms with Crippen LogP contribution in [0.1, 0.15) is 63.8 Å². The quantitative estimate of drug-likeness (QED) is 0.372. The number of benzene rings is 1. The summed E-state index contributed by atoms with van der Waals surface area (Å²) in [7, 11) is 0. The minimum Gasteiger partial charge on any atom is -0.372 e. The molecule has 0 bridgehead atoms. The van der Waals surface area contributed by atoms with Crippen LogP contribution in [-0.2, 0) is 11.3 Å². The lowest BCUT2D eigenvalue weighted by Gasteiger charge is -2.21. The van der Waals surface area contributed by atoms with E-state index >= 15 is 0 Å². The molecule has 1 aromatic carbocycles. The van der Waals surface area contributed by atoms with Gasteiger partial charge in [0.2, 0.25) is 11.0 Å². The molecule has 1 aliphatic carbocycles. The second kappa shape index (κ2) is 11.8. The van der Waals surface area contributed by atoms with Crippen LogP contribution in [0.15, 0.2) is 29.4 Å². The molecule has 1 aliphatic rings. The summed E-state index contributed by atoms with van der Waals surface area (Å²) in [5.74, 6) is 1.45. The second-order valence-corrected chi connectivity index (χ2v) is 10.3. The molecule has 1 saturated carbocycles. The van der Waals surface area contributed by atoms with Gasteiger partial charge in [0.25, 0.3) is 0 Å². The van der Waals surface area contributed by atoms with Crippen LogP contribution in [0, 0.1) is 0 Å². The Balaban J connectivity index is 1.36. The Kier molecular flexibility index (Phi) is 8.55. The molecule has 0 aliphatic heterocycles. The monoisotopic (exact) mass is 499 g/mol. The first kappa shape index (κ1) is 24.7. The highest BCUT2D eigenvalue weighted by atomic mass is 32.2. The molecule has 2 heterocycles. The molecule has 34 heavy (non-hydrogen) atoms. The summed E-state index contributed by atoms with van der Waals surface area (Å²) in [5, 5.41) is 22.5. The van der Waals surface area contributed by atoms with Crippen molar-refractivity contribution in [1.82, 2.24) is 25.0 Å². The van der Waals surface area contributed by atoms with E-state index in [4.69, 9.17) is 0 Å². The number of thioether (sulfide) groups is 1. The highest BCUT2D eigenvalue weighted by Crippen LogP contribution is 2.35. The van der Waals surface area contributed by atoms with Crippen molar-refractivity contribution < 1.29 is 4.79 Å². The minimum atomic E-state index is -0.105. The molecule has 1 fully saturated rings. The van der Waals surface area contributed by atoms with Gasteiger partial charge in [-0.15, -0.1) is 20.4 Å². The molecule has 0 spiro atoms. The number of hydrogen-bond acceptors (Lipinski definition) is 8. The van der Waals surface area contributed by atoms with E-state index in [9.17, 15) is 4.79 Å². The van der Waals surface area contributed by atoms with Crippen LogP contribution in [0.5, 0.6) is 0 Å². The van der Waals surface area contributed by atoms with E-state index in [0.717, 1.165) is 41.2 Å². The lowest BCUT2D eigenvalue weighted by molar-refractivity contribution is -0.113. The lowest BCUT2D eigenvalue weighted by atomic mass is 9.90. The number of carbonyl (C=O) groups is 1. The maximum absolute atomic E-state index is 12.6. The van der Waals surface area contributed by atoms with Crippen molar-refractivity contribution in [2.75, 3.05) is 29.1 Å². The smallest absolute Gasteiger partial charge is 0.236 e. The molecule has 1 amide bonds. The van der Waals surface area contributed by atoms with Gasteiger partial charge in [0.1, 0.15) is 5.01 Å². The number of carbonyl (C=O) groups excluding carboxylic acids is 1. The molecular weight excluding hydrogens is 466 g/mol. The summed E-state index contributed by atoms with van der Waals surface area (Å²) in [4.78, 5) is 14.9. The molecule has 10 heteroatoms. The Morgan fingerprint density at radius 3 is 2.47 bits per heavy atom. The third-order valence-corrected chi connectivity index (χ3v) is 8.23. The van der Waals surface area contributed by atoms with Crippen LogP contribution in [0.2, 0.25) is 0 Å². The zero-order valence-electron chi connectivity index (χ0n) is 20.2. The Morgan fingerprint density at radius 1 is 1.06 bits per heavy atom. The van der Waals surface area contributed by atoms with Gasteiger partial charge in [-0.1, -0.05) is 42.4 Å². The van der Waals surface area contributed by atoms with E-state index in [1.165, 1.54) is 60.9 Å². The van der Waals surface area contributed by atoms with Crippen LogP contribution < -0.4 is 10.2 Å². The number of nitrogens with one attached hydrogen (secondary N) is 1. The third-order valence-electron chi connectivity index (χ3n) is 6.26. The first-order valence-electron chi connectivity index (χ1n) is 12.2. The Hall–Kier alpha value is -2.46. The normalized spacial score (nSPS) is 14.3. The van der Waals surface area contributed by atoms with Gasteiger partial charge in [-0.25, -0.2) is 0 Å². The molecule has 0 unspecified atom stereocenters. The van der Waals surface area contributed by atoms with E-state index in [-0.39, 0.29) is 11.7 Å². The summed E-state index contributed by atoms with van der Waals surface area (Å²) in [6, 6.07) is 8.43. The number of rotatable bonds is 10. The van der Waals surface area contributed by atoms with Crippen molar-refractivity contribution >= 4 is 39.8 Å². The van der Waals surface area contributed by atoms with Crippen molar-refractivity contribution in [3.63, 3.8) is 0 Å². The predicted molar refractivity (Wildman–Crippen MR) is 140 cm³/mol. The number of nitrogens with zero attached hydrogens (tertiary/aromatic N) is 6. The first-order valence-corrected chi connectivity index (χ1v) is 14.0. The zero-order valence-corrected chi connectivity index (χ0v) is 21.8. The fourth-order valence-electron chi connectivity index (χ4n) is 4.39. The Bertz CT molecular complexity index is 1070. The molecule has 3 aromatic rings. The van der Waals surface area contributed by atoms with Crippen LogP contribution >= 0.6 is 23.1 Å². The number of hydrogen-bond donors (Lipinski definition) is 1. The van der Waals surface area contributed by atoms with Gasteiger partial charge in [-0.05, 0) is 57.9 Å². The van der Waals surface area contributed by atoms with E-state index in [2.05, 4.69) is 80.2 Å². The summed E-state index contributed by atoms with van der Waals surface area (Å²) < 4.78 is 2.05. The molecule has 0 atom stereocenters. The van der Waals surface area contributed by atoms with Gasteiger partial charge < -0.3 is 9.47 Å². The standard InChI is InChI=1S/C24H33N7OS2/c1-4-30(5-2)19-14-12-17(13-15-19)21-26-29-24(31(21)6-3)33-16-20(32)25-23-28-27-22(34-23)18-10-8-7-9-11-18/h12-15,18H,4-11,16H2,1-3H3,(H,25,28,32). The molecule has 8 nitrogen and oxygen atoms in total. The van der Waals surface area contributed by atoms with E-state index in [1.807, 2.05) is 0 Å². The van der Waals surface area contributed by atoms with Crippen LogP contribution in [-0.4, -0.2) is 49.7 Å². The molecule has 182 valence electrons. The summed E-state index contributed by atoms with van der Waals surface area (Å²) in [6.45, 7) is 9.06. The van der Waals surface area contributed by atoms with Crippen molar-refractivity contribution in [3.8, 4) is 11.4 Å². The van der Waals surface area contributed by atoms with Crippen molar-refractivity contribution in [3.05, 3.63) is 29.3 Å². The van der Waals surface area contributed by atoms with Crippen molar-refractivity contribution in [1.29, 1.82) is 0 Å². The first-order chi connectivity index (χ1) is 16.6. The van der Waals surface area contributed by atoms with Crippen LogP contribution in [0.25, 0.3) is 11.4 Å². The Labute approximate surface area is 209 Å². The maximum atomic E-state index is 12.6. The highest BCUT2D eigenvalue weighted by Gasteiger charge is 2.21. The molecule has 1 N–H and O–H groups in total. The van der Waals surface area contributed by atoms with Crippen molar-refractivity contribution in [2.24, 2.45) is 0 Å². The van der Waals surface area contributed by atoms with E-state index in [1.54, 1.807) is 0 Å². The average Bonchev–Trinajstić information content (AvgIpc) is 3.51. The zero-order chi connectivity index (χ0) is 23.9. The highest BCUT2D eigenvalue weighted by molar-refractivity contribution is 7.99. The van der Waals surface area contributed by atoms with Crippen LogP contribution in [0.4, 0.5) is 10.8 Å². The van der Waals surface area contributed by atoms with Gasteiger partial charge in [-0.3, -0.25) is 10.1 Å². The fourth-order valence-corrected chi connectivity index (χ4v) is 6.12. The van der Waals surface area contributed by atoms with Gasteiger partial charge in [0.05, 0.1) is 5.75 Å². The van der Waals surface area contributed by atoms with Crippen LogP contribution in [0.3, 0.4) is 0 Å². The SMILES string of the molecule is CCN(CC)c1ccc(-c2nnc(SCC(=O)Nc3nnc(C4CCCCC4)s3)n2CC)cc1. The van der Waals surface area contributed by atoms with Gasteiger partial charge in [0, 0.05) is 36.8 Å². The van der Waals surface area contributed by atoms with Gasteiger partial charge in [-0.2, -0.15) is 0 Å². The molecule has 0 radical (unpaired) electrons. The van der Waals surface area contributed by atoms with Gasteiger partial charge >= 0.3 is 0 Å². The van der Waals surface area contributed by atoms with E-state index in [0.29, 0.717) is 11.0 Å². The van der Waals surface area contributed by atoms with Gasteiger partial charge in [0.15, 0.2) is 11.0 Å². The maximum Gasteiger partial charge on any atom is 0.236 e. The lowest BCUT2D eigenvalue weighted by Crippen LogP contribution is -2.21. The Morgan fingerprint density at radius 2 is 1.79 bits per heavy atom. The third kappa shape index (κ3) is 5.78. The minimum absolute atomic E-state index is 0.105. The van der Waals surface area contributed by atoms with Crippen molar-refractivity contribution in [2.45, 2.75) is 70.5 Å². The second-order valence-electron chi connectivity index (χ2n) is 8.39. The average molecular weight is 500 g/mol. The number of aromatic nitrogens is 5. The summed E-state index contributed by atoms with van der Waals surface area (Å²) in [6.07, 6.45) is 6.16. The van der Waals surface area contributed by atoms with E-state index < -0.39 is 0 Å². The molecule has 0 saturated heterocycles. The summed E-state index contributed by atoms with van der Waals surface area (Å²) >= 11 is 2.89. The molecule has 4 rings (SSSR count). The molecular formula is C24H33N7OS2. The largest absolute Gasteiger partial charge is 0.372 e.